The average Bonchev–Trinajstić information content (AvgIpc) is 2.82. The molecular formula is C23H26F6N4O2. The van der Waals surface area contributed by atoms with E-state index >= 15 is 0 Å². The number of alkyl halides is 6. The highest BCUT2D eigenvalue weighted by atomic mass is 19.4. The first-order valence-electron chi connectivity index (χ1n) is 11.3. The van der Waals surface area contributed by atoms with Gasteiger partial charge in [-0.1, -0.05) is 0 Å². The van der Waals surface area contributed by atoms with Crippen molar-refractivity contribution in [1.82, 2.24) is 15.1 Å². The average molecular weight is 504 g/mol. The van der Waals surface area contributed by atoms with Gasteiger partial charge in [-0.15, -0.1) is 0 Å². The van der Waals surface area contributed by atoms with E-state index in [4.69, 9.17) is 5.26 Å². The second-order valence-electron chi connectivity index (χ2n) is 9.01. The van der Waals surface area contributed by atoms with E-state index in [1.807, 2.05) is 4.90 Å². The van der Waals surface area contributed by atoms with Crippen LogP contribution in [0.25, 0.3) is 0 Å². The first-order chi connectivity index (χ1) is 16.4. The third-order valence-electron chi connectivity index (χ3n) is 6.50. The van der Waals surface area contributed by atoms with E-state index in [9.17, 15) is 35.9 Å². The number of hydrogen-bond acceptors (Lipinski definition) is 4. The Balaban J connectivity index is 1.49. The first-order valence-corrected chi connectivity index (χ1v) is 11.3. The molecule has 2 fully saturated rings. The van der Waals surface area contributed by atoms with Gasteiger partial charge in [0, 0.05) is 31.1 Å². The minimum absolute atomic E-state index is 0.00171. The Morgan fingerprint density at radius 2 is 1.46 bits per heavy atom. The van der Waals surface area contributed by atoms with Gasteiger partial charge in [-0.2, -0.15) is 31.6 Å². The van der Waals surface area contributed by atoms with E-state index < -0.39 is 35.0 Å². The van der Waals surface area contributed by atoms with E-state index in [1.54, 1.807) is 4.90 Å². The van der Waals surface area contributed by atoms with E-state index in [-0.39, 0.29) is 36.9 Å². The molecule has 0 bridgehead atoms. The zero-order valence-electron chi connectivity index (χ0n) is 18.9. The summed E-state index contributed by atoms with van der Waals surface area (Å²) in [6.07, 6.45) is -7.46. The van der Waals surface area contributed by atoms with E-state index in [0.29, 0.717) is 64.0 Å². The first kappa shape index (κ1) is 26.8. The molecule has 2 aliphatic rings. The van der Waals surface area contributed by atoms with Crippen molar-refractivity contribution in [3.05, 3.63) is 34.9 Å². The molecule has 6 nitrogen and oxygen atoms in total. The number of piperidine rings is 2. The Morgan fingerprint density at radius 3 is 1.94 bits per heavy atom. The summed E-state index contributed by atoms with van der Waals surface area (Å²) in [7, 11) is 0. The number of nitrogens with one attached hydrogen (secondary N) is 1. The van der Waals surface area contributed by atoms with E-state index in [2.05, 4.69) is 11.4 Å². The van der Waals surface area contributed by atoms with Gasteiger partial charge < -0.3 is 10.2 Å². The molecule has 2 amide bonds. The fourth-order valence-electron chi connectivity index (χ4n) is 4.32. The zero-order valence-corrected chi connectivity index (χ0v) is 18.9. The van der Waals surface area contributed by atoms with Crippen molar-refractivity contribution >= 4 is 11.8 Å². The van der Waals surface area contributed by atoms with Crippen LogP contribution in [0.2, 0.25) is 0 Å². The predicted molar refractivity (Wildman–Crippen MR) is 113 cm³/mol. The summed E-state index contributed by atoms with van der Waals surface area (Å²) in [5.74, 6) is -1.02. The number of likely N-dealkylation sites (tertiary alicyclic amines) is 2. The Hall–Kier alpha value is -2.81. The lowest BCUT2D eigenvalue weighted by Crippen LogP contribution is -2.46. The second kappa shape index (κ2) is 10.8. The normalized spacial score (nSPS) is 18.8. The molecule has 0 atom stereocenters. The molecule has 2 saturated heterocycles. The van der Waals surface area contributed by atoms with E-state index in [0.717, 1.165) is 0 Å². The molecule has 2 heterocycles. The maximum absolute atomic E-state index is 13.0. The lowest BCUT2D eigenvalue weighted by molar-refractivity contribution is -0.143. The second-order valence-corrected chi connectivity index (χ2v) is 9.01. The van der Waals surface area contributed by atoms with Gasteiger partial charge >= 0.3 is 12.4 Å². The molecule has 12 heteroatoms. The molecule has 1 aromatic carbocycles. The van der Waals surface area contributed by atoms with Gasteiger partial charge in [-0.3, -0.25) is 14.5 Å². The quantitative estimate of drug-likeness (QED) is 0.617. The van der Waals surface area contributed by atoms with Crippen LogP contribution >= 0.6 is 0 Å². The molecule has 0 aliphatic carbocycles. The van der Waals surface area contributed by atoms with Crippen molar-refractivity contribution in [2.45, 2.75) is 38.0 Å². The van der Waals surface area contributed by atoms with Gasteiger partial charge in [0.2, 0.25) is 5.91 Å². The van der Waals surface area contributed by atoms with Crippen LogP contribution in [0.1, 0.15) is 47.2 Å². The van der Waals surface area contributed by atoms with Crippen LogP contribution in [-0.2, 0) is 17.1 Å². The Bertz CT molecular complexity index is 924. The third kappa shape index (κ3) is 7.34. The number of amides is 2. The van der Waals surface area contributed by atoms with Gasteiger partial charge in [0.05, 0.1) is 23.7 Å². The van der Waals surface area contributed by atoms with Crippen LogP contribution in [0.15, 0.2) is 18.2 Å². The lowest BCUT2D eigenvalue weighted by Gasteiger charge is -2.34. The third-order valence-corrected chi connectivity index (χ3v) is 6.50. The molecular weight excluding hydrogens is 478 g/mol. The topological polar surface area (TPSA) is 76.4 Å². The molecule has 1 N–H and O–H groups in total. The number of nitrogens with zero attached hydrogens (tertiary/aromatic N) is 3. The van der Waals surface area contributed by atoms with E-state index in [1.165, 1.54) is 0 Å². The van der Waals surface area contributed by atoms with Crippen molar-refractivity contribution in [2.75, 3.05) is 39.3 Å². The monoisotopic (exact) mass is 504 g/mol. The maximum Gasteiger partial charge on any atom is 0.416 e. The van der Waals surface area contributed by atoms with Crippen molar-refractivity contribution in [3.63, 3.8) is 0 Å². The number of carbonyl (C=O) groups excluding carboxylic acids is 2. The van der Waals surface area contributed by atoms with Crippen LogP contribution in [0.4, 0.5) is 26.3 Å². The lowest BCUT2D eigenvalue weighted by atomic mass is 9.96. The molecule has 2 aliphatic heterocycles. The Morgan fingerprint density at radius 1 is 0.914 bits per heavy atom. The van der Waals surface area contributed by atoms with Crippen LogP contribution in [-0.4, -0.2) is 60.9 Å². The molecule has 0 unspecified atom stereocenters. The van der Waals surface area contributed by atoms with Crippen molar-refractivity contribution in [2.24, 2.45) is 11.8 Å². The number of rotatable bonds is 5. The summed E-state index contributed by atoms with van der Waals surface area (Å²) in [6.45, 7) is 2.66. The number of halogens is 6. The highest BCUT2D eigenvalue weighted by molar-refractivity contribution is 5.94. The Labute approximate surface area is 198 Å². The number of hydrogen-bond donors (Lipinski definition) is 1. The fraction of sp³-hybridized carbons (Fsp3) is 0.609. The van der Waals surface area contributed by atoms with Gasteiger partial charge in [-0.25, -0.2) is 0 Å². The van der Waals surface area contributed by atoms with Crippen LogP contribution in [0.3, 0.4) is 0 Å². The molecule has 0 saturated carbocycles. The Kier molecular flexibility index (Phi) is 8.30. The van der Waals surface area contributed by atoms with Gasteiger partial charge in [0.15, 0.2) is 0 Å². The van der Waals surface area contributed by atoms with Crippen LogP contribution in [0.5, 0.6) is 0 Å². The van der Waals surface area contributed by atoms with Gasteiger partial charge in [-0.05, 0) is 62.9 Å². The molecule has 192 valence electrons. The van der Waals surface area contributed by atoms with Crippen molar-refractivity contribution in [1.29, 1.82) is 5.26 Å². The largest absolute Gasteiger partial charge is 0.416 e. The SMILES string of the molecule is N#CC1CCN(C(=O)CN2CCC(CNC(=O)c3cc(C(F)(F)F)cc(C(F)(F)F)c3)CC2)CC1. The van der Waals surface area contributed by atoms with Crippen molar-refractivity contribution < 1.29 is 35.9 Å². The summed E-state index contributed by atoms with van der Waals surface area (Å²) in [6, 6.07) is 3.04. The van der Waals surface area contributed by atoms with Crippen LogP contribution in [0, 0.1) is 23.2 Å². The van der Waals surface area contributed by atoms with Crippen LogP contribution < -0.4 is 5.32 Å². The molecule has 1 aromatic rings. The highest BCUT2D eigenvalue weighted by Crippen LogP contribution is 2.36. The zero-order chi connectivity index (χ0) is 25.8. The predicted octanol–water partition coefficient (Wildman–Crippen LogP) is 3.93. The van der Waals surface area contributed by atoms with Gasteiger partial charge in [0.1, 0.15) is 0 Å². The minimum atomic E-state index is -5.02. The molecule has 0 spiro atoms. The standard InChI is InChI=1S/C23H26F6N4O2/c24-22(25,26)18-9-17(10-19(11-18)23(27,28)29)21(35)31-13-16-1-5-32(6-2-16)14-20(34)33-7-3-15(12-30)4-8-33/h9-11,15-16H,1-8,13-14H2,(H,31,35). The minimum Gasteiger partial charge on any atom is -0.352 e. The summed E-state index contributed by atoms with van der Waals surface area (Å²) in [5.41, 5.74) is -3.77. The number of benzene rings is 1. The fourth-order valence-corrected chi connectivity index (χ4v) is 4.32. The summed E-state index contributed by atoms with van der Waals surface area (Å²) in [4.78, 5) is 28.6. The molecule has 0 radical (unpaired) electrons. The summed E-state index contributed by atoms with van der Waals surface area (Å²) in [5, 5.41) is 11.4. The number of nitriles is 1. The number of carbonyl (C=O) groups is 2. The molecule has 0 aromatic heterocycles. The van der Waals surface area contributed by atoms with Crippen molar-refractivity contribution in [3.8, 4) is 6.07 Å². The van der Waals surface area contributed by atoms with Gasteiger partial charge in [0.25, 0.3) is 5.91 Å². The smallest absolute Gasteiger partial charge is 0.352 e. The summed E-state index contributed by atoms with van der Waals surface area (Å²) < 4.78 is 78.1. The molecule has 3 rings (SSSR count). The maximum atomic E-state index is 13.0. The molecule has 35 heavy (non-hydrogen) atoms. The highest BCUT2D eigenvalue weighted by Gasteiger charge is 2.37. The summed E-state index contributed by atoms with van der Waals surface area (Å²) >= 11 is 0.